The molecule has 0 bridgehead atoms. The average molecular weight is 486 g/mol. The lowest BCUT2D eigenvalue weighted by molar-refractivity contribution is -0.135. The molecule has 1 N–H and O–H groups in total. The first kappa shape index (κ1) is 21.0. The van der Waals surface area contributed by atoms with E-state index in [1.807, 2.05) is 13.0 Å². The van der Waals surface area contributed by atoms with Gasteiger partial charge in [-0.1, -0.05) is 29.3 Å². The molecule has 3 saturated heterocycles. The van der Waals surface area contributed by atoms with E-state index in [1.54, 1.807) is 24.3 Å². The molecule has 0 unspecified atom stereocenters. The van der Waals surface area contributed by atoms with Crippen LogP contribution in [0, 0.1) is 18.8 Å². The fraction of sp³-hybridized carbons (Fsp3) is 0.375. The molecule has 3 fully saturated rings. The highest BCUT2D eigenvalue weighted by molar-refractivity contribution is 6.33. The number of carbonyl (C=O) groups excluding carboxylic acids is 3. The number of rotatable bonds is 2. The summed E-state index contributed by atoms with van der Waals surface area (Å²) < 4.78 is 5.43. The van der Waals surface area contributed by atoms with Crippen molar-refractivity contribution >= 4 is 52.3 Å². The topological polar surface area (TPSA) is 79.0 Å². The summed E-state index contributed by atoms with van der Waals surface area (Å²) in [7, 11) is 1.48. The molecule has 6 rings (SSSR count). The number of methoxy groups -OCH3 is 1. The third-order valence-electron chi connectivity index (χ3n) is 7.74. The van der Waals surface area contributed by atoms with E-state index in [0.717, 1.165) is 24.0 Å². The minimum absolute atomic E-state index is 0.200. The maximum Gasteiger partial charge on any atom is 0.250 e. The van der Waals surface area contributed by atoms with Crippen LogP contribution in [0.3, 0.4) is 0 Å². The van der Waals surface area contributed by atoms with Gasteiger partial charge in [0.15, 0.2) is 0 Å². The number of benzene rings is 2. The molecule has 0 aliphatic carbocycles. The van der Waals surface area contributed by atoms with Crippen molar-refractivity contribution in [2.75, 3.05) is 23.9 Å². The number of imide groups is 1. The van der Waals surface area contributed by atoms with Crippen LogP contribution in [0.4, 0.5) is 11.4 Å². The highest BCUT2D eigenvalue weighted by Crippen LogP contribution is 2.61. The van der Waals surface area contributed by atoms with Crippen LogP contribution >= 0.6 is 23.2 Å². The Morgan fingerprint density at radius 2 is 1.91 bits per heavy atom. The molecule has 4 aliphatic rings. The van der Waals surface area contributed by atoms with Gasteiger partial charge in [0.05, 0.1) is 30.3 Å². The summed E-state index contributed by atoms with van der Waals surface area (Å²) in [6, 6.07) is 8.21. The fourth-order valence-electron chi connectivity index (χ4n) is 6.47. The number of anilines is 2. The molecule has 7 nitrogen and oxygen atoms in total. The number of hydrogen-bond donors (Lipinski definition) is 1. The van der Waals surface area contributed by atoms with Crippen LogP contribution in [0.25, 0.3) is 0 Å². The lowest BCUT2D eigenvalue weighted by Crippen LogP contribution is -2.54. The minimum atomic E-state index is -1.25. The summed E-state index contributed by atoms with van der Waals surface area (Å²) in [5, 5.41) is 3.92. The molecule has 9 heteroatoms. The lowest BCUT2D eigenvalue weighted by atomic mass is 9.75. The van der Waals surface area contributed by atoms with Gasteiger partial charge >= 0.3 is 0 Å². The minimum Gasteiger partial charge on any atom is -0.495 e. The van der Waals surface area contributed by atoms with Crippen LogP contribution in [-0.4, -0.2) is 42.3 Å². The largest absolute Gasteiger partial charge is 0.495 e. The molecule has 4 atom stereocenters. The van der Waals surface area contributed by atoms with Crippen molar-refractivity contribution in [2.24, 2.45) is 11.8 Å². The van der Waals surface area contributed by atoms with E-state index in [9.17, 15) is 14.4 Å². The highest BCUT2D eigenvalue weighted by atomic mass is 35.5. The van der Waals surface area contributed by atoms with Crippen molar-refractivity contribution in [3.63, 3.8) is 0 Å². The van der Waals surface area contributed by atoms with Gasteiger partial charge in [-0.25, -0.2) is 4.90 Å². The van der Waals surface area contributed by atoms with Crippen molar-refractivity contribution in [1.82, 2.24) is 4.90 Å². The van der Waals surface area contributed by atoms with Gasteiger partial charge in [-0.15, -0.1) is 0 Å². The number of ether oxygens (including phenoxy) is 1. The Morgan fingerprint density at radius 3 is 2.67 bits per heavy atom. The first-order valence-corrected chi connectivity index (χ1v) is 11.7. The Balaban J connectivity index is 1.57. The quantitative estimate of drug-likeness (QED) is 0.655. The third kappa shape index (κ3) is 2.42. The number of carbonyl (C=O) groups is 3. The molecule has 0 saturated carbocycles. The SMILES string of the molecule is COc1ccc(Cl)cc1N1C(=O)[C@@H]2[C@H]3CCCN3[C@@]3(C(=O)Nc4c3ccc(Cl)c4C)[C@H]2C1=O. The molecular weight excluding hydrogens is 465 g/mol. The second-order valence-electron chi connectivity index (χ2n) is 9.05. The second kappa shape index (κ2) is 6.95. The van der Waals surface area contributed by atoms with Gasteiger partial charge in [0.1, 0.15) is 11.3 Å². The number of nitrogens with zero attached hydrogens (tertiary/aromatic N) is 2. The second-order valence-corrected chi connectivity index (χ2v) is 9.89. The fourth-order valence-corrected chi connectivity index (χ4v) is 6.79. The molecule has 170 valence electrons. The van der Waals surface area contributed by atoms with Gasteiger partial charge in [0, 0.05) is 21.7 Å². The summed E-state index contributed by atoms with van der Waals surface area (Å²) in [4.78, 5) is 44.9. The van der Waals surface area contributed by atoms with Gasteiger partial charge in [-0.3, -0.25) is 19.3 Å². The van der Waals surface area contributed by atoms with Crippen molar-refractivity contribution in [3.05, 3.63) is 51.5 Å². The van der Waals surface area contributed by atoms with Gasteiger partial charge in [-0.05, 0) is 56.1 Å². The van der Waals surface area contributed by atoms with Crippen molar-refractivity contribution < 1.29 is 19.1 Å². The molecule has 4 heterocycles. The first-order valence-electron chi connectivity index (χ1n) is 10.9. The van der Waals surface area contributed by atoms with Gasteiger partial charge < -0.3 is 10.1 Å². The van der Waals surface area contributed by atoms with E-state index >= 15 is 0 Å². The predicted molar refractivity (Wildman–Crippen MR) is 124 cm³/mol. The number of amides is 3. The highest BCUT2D eigenvalue weighted by Gasteiger charge is 2.74. The molecular formula is C24H21Cl2N3O4. The zero-order chi connectivity index (χ0) is 23.2. The summed E-state index contributed by atoms with van der Waals surface area (Å²) in [5.41, 5.74) is 1.17. The Bertz CT molecular complexity index is 1260. The van der Waals surface area contributed by atoms with E-state index in [-0.39, 0.29) is 17.9 Å². The molecule has 0 radical (unpaired) electrons. The molecule has 1 spiro atoms. The smallest absolute Gasteiger partial charge is 0.250 e. The molecule has 2 aromatic carbocycles. The zero-order valence-corrected chi connectivity index (χ0v) is 19.5. The van der Waals surface area contributed by atoms with Crippen LogP contribution in [0.15, 0.2) is 30.3 Å². The number of halogens is 2. The normalized spacial score (nSPS) is 30.1. The average Bonchev–Trinajstić information content (AvgIpc) is 3.49. The van der Waals surface area contributed by atoms with Crippen molar-refractivity contribution in [3.8, 4) is 5.75 Å². The molecule has 3 amide bonds. The molecule has 33 heavy (non-hydrogen) atoms. The molecule has 0 aromatic heterocycles. The Kier molecular flexibility index (Phi) is 4.41. The van der Waals surface area contributed by atoms with Crippen LogP contribution in [-0.2, 0) is 19.9 Å². The number of hydrogen-bond acceptors (Lipinski definition) is 5. The summed E-state index contributed by atoms with van der Waals surface area (Å²) in [6.07, 6.45) is 1.60. The van der Waals surface area contributed by atoms with Gasteiger partial charge in [-0.2, -0.15) is 0 Å². The van der Waals surface area contributed by atoms with E-state index in [0.29, 0.717) is 33.7 Å². The zero-order valence-electron chi connectivity index (χ0n) is 18.0. The van der Waals surface area contributed by atoms with Crippen LogP contribution in [0.1, 0.15) is 24.0 Å². The summed E-state index contributed by atoms with van der Waals surface area (Å²) >= 11 is 12.6. The van der Waals surface area contributed by atoms with Crippen molar-refractivity contribution in [2.45, 2.75) is 31.3 Å². The Morgan fingerprint density at radius 1 is 1.12 bits per heavy atom. The molecule has 4 aliphatic heterocycles. The van der Waals surface area contributed by atoms with E-state index < -0.39 is 23.3 Å². The predicted octanol–water partition coefficient (Wildman–Crippen LogP) is 3.74. The number of nitrogens with one attached hydrogen (secondary N) is 1. The maximum absolute atomic E-state index is 14.1. The van der Waals surface area contributed by atoms with Crippen molar-refractivity contribution in [1.29, 1.82) is 0 Å². The lowest BCUT2D eigenvalue weighted by Gasteiger charge is -2.36. The first-order chi connectivity index (χ1) is 15.8. The third-order valence-corrected chi connectivity index (χ3v) is 8.39. The monoisotopic (exact) mass is 485 g/mol. The summed E-state index contributed by atoms with van der Waals surface area (Å²) in [5.74, 6) is -2.10. The van der Waals surface area contributed by atoms with Crippen LogP contribution in [0.2, 0.25) is 10.0 Å². The van der Waals surface area contributed by atoms with Gasteiger partial charge in [0.2, 0.25) is 17.7 Å². The van der Waals surface area contributed by atoms with E-state index in [4.69, 9.17) is 27.9 Å². The van der Waals surface area contributed by atoms with Crippen LogP contribution in [0.5, 0.6) is 5.75 Å². The van der Waals surface area contributed by atoms with Crippen LogP contribution < -0.4 is 15.0 Å². The number of fused-ring (bicyclic) bond motifs is 7. The summed E-state index contributed by atoms with van der Waals surface area (Å²) in [6.45, 7) is 2.49. The Hall–Kier alpha value is -2.61. The van der Waals surface area contributed by atoms with E-state index in [1.165, 1.54) is 12.0 Å². The standard InChI is InChI=1S/C24H21Cl2N3O4/c1-11-14(26)7-6-13-20(11)27-23(32)24(13)19-18(15-4-3-9-28(15)24)21(30)29(22(19)31)16-10-12(25)5-8-17(16)33-2/h5-8,10,15,18-19H,3-4,9H2,1-2H3,(H,27,32)/t15-,18-,19-,24-/m1/s1. The molecule has 2 aromatic rings. The Labute approximate surface area is 200 Å². The maximum atomic E-state index is 14.1. The van der Waals surface area contributed by atoms with Gasteiger partial charge in [0.25, 0.3) is 0 Å². The van der Waals surface area contributed by atoms with E-state index in [2.05, 4.69) is 10.2 Å².